The van der Waals surface area contributed by atoms with Gasteiger partial charge in [-0.15, -0.1) is 6.42 Å². The van der Waals surface area contributed by atoms with E-state index in [1.165, 1.54) is 0 Å². The van der Waals surface area contributed by atoms with Gasteiger partial charge in [0.15, 0.2) is 0 Å². The lowest BCUT2D eigenvalue weighted by molar-refractivity contribution is 0.244. The number of hydrogen-bond acceptors (Lipinski definition) is 3. The van der Waals surface area contributed by atoms with E-state index >= 15 is 0 Å². The van der Waals surface area contributed by atoms with Crippen LogP contribution in [-0.4, -0.2) is 33.9 Å². The first kappa shape index (κ1) is 18.3. The third kappa shape index (κ3) is 5.57. The molecular formula is C18H24N2O3S. The number of benzene rings is 1. The van der Waals surface area contributed by atoms with E-state index in [-0.39, 0.29) is 23.9 Å². The van der Waals surface area contributed by atoms with Crippen molar-refractivity contribution in [3.63, 3.8) is 0 Å². The minimum Gasteiger partial charge on any atom is -0.481 e. The van der Waals surface area contributed by atoms with Crippen LogP contribution in [0.2, 0.25) is 0 Å². The average molecular weight is 348 g/mol. The van der Waals surface area contributed by atoms with Crippen molar-refractivity contribution in [3.05, 3.63) is 24.3 Å². The molecule has 1 aromatic carbocycles. The molecule has 6 heteroatoms. The highest BCUT2D eigenvalue weighted by atomic mass is 32.2. The zero-order chi connectivity index (χ0) is 17.4. The lowest BCUT2D eigenvalue weighted by Crippen LogP contribution is -2.42. The predicted octanol–water partition coefficient (Wildman–Crippen LogP) is 2.90. The topological polar surface area (TPSA) is 67.4 Å². The van der Waals surface area contributed by atoms with Crippen LogP contribution in [0, 0.1) is 12.3 Å². The number of ether oxygens (including phenoxy) is 1. The summed E-state index contributed by atoms with van der Waals surface area (Å²) in [7, 11) is -0.792. The molecule has 3 atom stereocenters. The van der Waals surface area contributed by atoms with Crippen molar-refractivity contribution in [1.82, 2.24) is 5.32 Å². The van der Waals surface area contributed by atoms with Gasteiger partial charge < -0.3 is 15.4 Å². The van der Waals surface area contributed by atoms with E-state index in [1.54, 1.807) is 24.3 Å². The SMILES string of the molecule is C#CCOc1ccc(NC(=O)N[C@H]2CCC[C@H]([S@](=O)CC)C2)cc1. The van der Waals surface area contributed by atoms with Crippen LogP contribution < -0.4 is 15.4 Å². The number of terminal acetylenes is 1. The maximum atomic E-state index is 12.1. The molecule has 24 heavy (non-hydrogen) atoms. The molecule has 2 amide bonds. The average Bonchev–Trinajstić information content (AvgIpc) is 2.60. The molecule has 1 aromatic rings. The molecule has 0 radical (unpaired) electrons. The van der Waals surface area contributed by atoms with Gasteiger partial charge in [0.05, 0.1) is 0 Å². The van der Waals surface area contributed by atoms with Gasteiger partial charge in [0.2, 0.25) is 0 Å². The Labute approximate surface area is 146 Å². The van der Waals surface area contributed by atoms with Gasteiger partial charge in [-0.25, -0.2) is 4.79 Å². The summed E-state index contributed by atoms with van der Waals surface area (Å²) in [5, 5.41) is 5.99. The van der Waals surface area contributed by atoms with Crippen molar-refractivity contribution >= 4 is 22.5 Å². The Morgan fingerprint density at radius 2 is 2.12 bits per heavy atom. The van der Waals surface area contributed by atoms with Gasteiger partial charge in [-0.05, 0) is 43.5 Å². The molecule has 0 heterocycles. The molecule has 0 bridgehead atoms. The summed E-state index contributed by atoms with van der Waals surface area (Å²) >= 11 is 0. The van der Waals surface area contributed by atoms with E-state index in [9.17, 15) is 9.00 Å². The first-order valence-corrected chi connectivity index (χ1v) is 9.61. The van der Waals surface area contributed by atoms with Crippen LogP contribution in [-0.2, 0) is 10.8 Å². The zero-order valence-electron chi connectivity index (χ0n) is 13.9. The Morgan fingerprint density at radius 3 is 2.79 bits per heavy atom. The lowest BCUT2D eigenvalue weighted by Gasteiger charge is -2.29. The zero-order valence-corrected chi connectivity index (χ0v) is 14.7. The number of carbonyl (C=O) groups excluding carboxylic acids is 1. The Morgan fingerprint density at radius 1 is 1.38 bits per heavy atom. The fourth-order valence-corrected chi connectivity index (χ4v) is 4.21. The fourth-order valence-electron chi connectivity index (χ4n) is 2.86. The van der Waals surface area contributed by atoms with Crippen LogP contribution in [0.3, 0.4) is 0 Å². The Kier molecular flexibility index (Phi) is 7.13. The molecule has 1 aliphatic rings. The van der Waals surface area contributed by atoms with E-state index in [0.717, 1.165) is 25.7 Å². The summed E-state index contributed by atoms with van der Waals surface area (Å²) in [6.07, 6.45) is 8.85. The first-order valence-electron chi connectivity index (χ1n) is 8.23. The maximum Gasteiger partial charge on any atom is 0.319 e. The third-order valence-corrected chi connectivity index (χ3v) is 5.79. The summed E-state index contributed by atoms with van der Waals surface area (Å²) in [6.45, 7) is 2.16. The first-order chi connectivity index (χ1) is 11.6. The Hall–Kier alpha value is -2.00. The largest absolute Gasteiger partial charge is 0.481 e. The summed E-state index contributed by atoms with van der Waals surface area (Å²) in [5.74, 6) is 3.74. The van der Waals surface area contributed by atoms with Crippen molar-refractivity contribution in [2.45, 2.75) is 43.9 Å². The second-order valence-corrected chi connectivity index (χ2v) is 7.78. The quantitative estimate of drug-likeness (QED) is 0.777. The molecule has 0 aromatic heterocycles. The number of amides is 2. The monoisotopic (exact) mass is 348 g/mol. The summed E-state index contributed by atoms with van der Waals surface area (Å²) in [4.78, 5) is 12.1. The Balaban J connectivity index is 1.82. The van der Waals surface area contributed by atoms with Crippen molar-refractivity contribution in [1.29, 1.82) is 0 Å². The van der Waals surface area contributed by atoms with Crippen LogP contribution in [0.5, 0.6) is 5.75 Å². The molecule has 1 aliphatic carbocycles. The van der Waals surface area contributed by atoms with Gasteiger partial charge in [-0.1, -0.05) is 19.3 Å². The second kappa shape index (κ2) is 9.33. The van der Waals surface area contributed by atoms with E-state index in [2.05, 4.69) is 16.6 Å². The maximum absolute atomic E-state index is 12.1. The smallest absolute Gasteiger partial charge is 0.319 e. The van der Waals surface area contributed by atoms with Crippen molar-refractivity contribution in [3.8, 4) is 18.1 Å². The summed E-state index contributed by atoms with van der Waals surface area (Å²) in [6, 6.07) is 6.89. The van der Waals surface area contributed by atoms with Gasteiger partial charge in [0.25, 0.3) is 0 Å². The van der Waals surface area contributed by atoms with Crippen molar-refractivity contribution in [2.24, 2.45) is 0 Å². The number of carbonyl (C=O) groups is 1. The lowest BCUT2D eigenvalue weighted by atomic mass is 9.95. The van der Waals surface area contributed by atoms with Gasteiger partial charge in [0.1, 0.15) is 12.4 Å². The molecule has 1 fully saturated rings. The second-order valence-electron chi connectivity index (χ2n) is 5.77. The summed E-state index contributed by atoms with van der Waals surface area (Å²) in [5.41, 5.74) is 0.685. The standard InChI is InChI=1S/C18H24N2O3S/c1-3-12-23-16-10-8-14(9-11-16)19-18(21)20-15-6-5-7-17(13-15)24(22)4-2/h1,8-11,15,17H,4-7,12-13H2,2H3,(H2,19,20,21)/t15-,17-,24+/m0/s1. The summed E-state index contributed by atoms with van der Waals surface area (Å²) < 4.78 is 17.2. The minimum atomic E-state index is -0.792. The molecule has 2 N–H and O–H groups in total. The molecule has 0 saturated heterocycles. The highest BCUT2D eigenvalue weighted by Gasteiger charge is 2.26. The highest BCUT2D eigenvalue weighted by Crippen LogP contribution is 2.23. The number of anilines is 1. The van der Waals surface area contributed by atoms with Crippen LogP contribution in [0.15, 0.2) is 24.3 Å². The number of urea groups is 1. The number of nitrogens with one attached hydrogen (secondary N) is 2. The molecule has 130 valence electrons. The van der Waals surface area contributed by atoms with Crippen LogP contribution in [0.25, 0.3) is 0 Å². The molecule has 5 nitrogen and oxygen atoms in total. The van der Waals surface area contributed by atoms with Crippen LogP contribution in [0.1, 0.15) is 32.6 Å². The Bertz CT molecular complexity index is 610. The fraction of sp³-hybridized carbons (Fsp3) is 0.500. The van der Waals surface area contributed by atoms with Gasteiger partial charge in [-0.2, -0.15) is 0 Å². The number of hydrogen-bond donors (Lipinski definition) is 2. The normalized spacial score (nSPS) is 21.3. The van der Waals surface area contributed by atoms with Crippen LogP contribution in [0.4, 0.5) is 10.5 Å². The van der Waals surface area contributed by atoms with E-state index < -0.39 is 10.8 Å². The van der Waals surface area contributed by atoms with Gasteiger partial charge in [-0.3, -0.25) is 4.21 Å². The number of rotatable bonds is 6. The van der Waals surface area contributed by atoms with E-state index in [4.69, 9.17) is 11.2 Å². The van der Waals surface area contributed by atoms with Gasteiger partial charge >= 0.3 is 6.03 Å². The van der Waals surface area contributed by atoms with E-state index in [0.29, 0.717) is 17.2 Å². The molecule has 0 spiro atoms. The molecule has 1 saturated carbocycles. The molecule has 2 rings (SSSR count). The third-order valence-electron chi connectivity index (χ3n) is 4.05. The molecule has 0 unspecified atom stereocenters. The van der Waals surface area contributed by atoms with Gasteiger partial charge in [0, 0.05) is 33.5 Å². The van der Waals surface area contributed by atoms with Crippen LogP contribution >= 0.6 is 0 Å². The molecule has 0 aliphatic heterocycles. The minimum absolute atomic E-state index is 0.0810. The predicted molar refractivity (Wildman–Crippen MR) is 97.7 cm³/mol. The van der Waals surface area contributed by atoms with Crippen molar-refractivity contribution < 1.29 is 13.7 Å². The molecular weight excluding hydrogens is 324 g/mol. The highest BCUT2D eigenvalue weighted by molar-refractivity contribution is 7.85. The van der Waals surface area contributed by atoms with Crippen molar-refractivity contribution in [2.75, 3.05) is 17.7 Å². The van der Waals surface area contributed by atoms with E-state index in [1.807, 2.05) is 6.92 Å².